The molecule has 1 aliphatic rings. The molecule has 0 saturated carbocycles. The van der Waals surface area contributed by atoms with Crippen molar-refractivity contribution < 1.29 is 14.3 Å². The monoisotopic (exact) mass is 356 g/mol. The molecule has 1 atom stereocenters. The number of carbonyl (C=O) groups is 1. The first-order valence-corrected chi connectivity index (χ1v) is 8.33. The van der Waals surface area contributed by atoms with Gasteiger partial charge in [0.15, 0.2) is 11.5 Å². The fourth-order valence-electron chi connectivity index (χ4n) is 3.04. The standard InChI is InChI=1S/C18H28N2O3.ClH/c1-13(2)23-16-8-7-15(10-17(16)22-4)18(21)20-9-5-6-14(12-20)11-19-3;/h7-8,10,13-14,19H,5-6,9,11-12H2,1-4H3;1H. The van der Waals surface area contributed by atoms with Gasteiger partial charge in [-0.25, -0.2) is 0 Å². The Hall–Kier alpha value is -1.46. The van der Waals surface area contributed by atoms with E-state index in [0.717, 1.165) is 26.1 Å². The summed E-state index contributed by atoms with van der Waals surface area (Å²) in [5.41, 5.74) is 0.656. The van der Waals surface area contributed by atoms with Crippen molar-refractivity contribution in [3.05, 3.63) is 23.8 Å². The highest BCUT2D eigenvalue weighted by Gasteiger charge is 2.24. The molecule has 1 aromatic carbocycles. The Morgan fingerprint density at radius 2 is 2.12 bits per heavy atom. The van der Waals surface area contributed by atoms with Gasteiger partial charge in [0, 0.05) is 18.7 Å². The first-order valence-electron chi connectivity index (χ1n) is 8.33. The maximum Gasteiger partial charge on any atom is 0.254 e. The number of ether oxygens (including phenoxy) is 2. The number of benzene rings is 1. The molecule has 1 amide bonds. The molecule has 2 rings (SSSR count). The van der Waals surface area contributed by atoms with Crippen LogP contribution >= 0.6 is 12.4 Å². The maximum absolute atomic E-state index is 12.8. The van der Waals surface area contributed by atoms with Gasteiger partial charge in [-0.05, 0) is 64.4 Å². The summed E-state index contributed by atoms with van der Waals surface area (Å²) in [5, 5.41) is 3.21. The first-order chi connectivity index (χ1) is 11.0. The third-order valence-corrected chi connectivity index (χ3v) is 4.07. The number of likely N-dealkylation sites (tertiary alicyclic amines) is 1. The van der Waals surface area contributed by atoms with E-state index in [1.165, 1.54) is 6.42 Å². The van der Waals surface area contributed by atoms with E-state index in [0.29, 0.717) is 23.0 Å². The van der Waals surface area contributed by atoms with Crippen LogP contribution in [0.15, 0.2) is 18.2 Å². The van der Waals surface area contributed by atoms with Crippen LogP contribution in [0.5, 0.6) is 11.5 Å². The van der Waals surface area contributed by atoms with E-state index in [1.54, 1.807) is 13.2 Å². The Morgan fingerprint density at radius 1 is 1.38 bits per heavy atom. The number of piperidine rings is 1. The smallest absolute Gasteiger partial charge is 0.254 e. The van der Waals surface area contributed by atoms with Crippen LogP contribution < -0.4 is 14.8 Å². The van der Waals surface area contributed by atoms with Gasteiger partial charge < -0.3 is 19.7 Å². The molecule has 6 heteroatoms. The molecule has 1 saturated heterocycles. The lowest BCUT2D eigenvalue weighted by Crippen LogP contribution is -2.42. The molecular weight excluding hydrogens is 328 g/mol. The van der Waals surface area contributed by atoms with Crippen molar-refractivity contribution in [2.24, 2.45) is 5.92 Å². The highest BCUT2D eigenvalue weighted by atomic mass is 35.5. The summed E-state index contributed by atoms with van der Waals surface area (Å²) >= 11 is 0. The molecule has 5 nitrogen and oxygen atoms in total. The minimum Gasteiger partial charge on any atom is -0.493 e. The minimum atomic E-state index is 0. The van der Waals surface area contributed by atoms with Crippen LogP contribution in [-0.4, -0.2) is 50.7 Å². The zero-order valence-electron chi connectivity index (χ0n) is 15.0. The minimum absolute atomic E-state index is 0. The number of methoxy groups -OCH3 is 1. The van der Waals surface area contributed by atoms with E-state index >= 15 is 0 Å². The third kappa shape index (κ3) is 5.28. The number of hydrogen-bond acceptors (Lipinski definition) is 4. The number of nitrogens with one attached hydrogen (secondary N) is 1. The Balaban J connectivity index is 0.00000288. The van der Waals surface area contributed by atoms with Crippen molar-refractivity contribution in [3.63, 3.8) is 0 Å². The molecule has 136 valence electrons. The van der Waals surface area contributed by atoms with Gasteiger partial charge in [-0.1, -0.05) is 0 Å². The molecule has 1 N–H and O–H groups in total. The number of halogens is 1. The van der Waals surface area contributed by atoms with Crippen LogP contribution in [-0.2, 0) is 0 Å². The summed E-state index contributed by atoms with van der Waals surface area (Å²) < 4.78 is 11.1. The van der Waals surface area contributed by atoms with Gasteiger partial charge in [0.1, 0.15) is 0 Å². The molecular formula is C18H29ClN2O3. The molecule has 1 aromatic rings. The largest absolute Gasteiger partial charge is 0.493 e. The molecule has 0 radical (unpaired) electrons. The highest BCUT2D eigenvalue weighted by Crippen LogP contribution is 2.30. The molecule has 0 bridgehead atoms. The average Bonchev–Trinajstić information content (AvgIpc) is 2.54. The number of hydrogen-bond donors (Lipinski definition) is 1. The normalized spacial score (nSPS) is 17.4. The second kappa shape index (κ2) is 9.74. The van der Waals surface area contributed by atoms with Crippen LogP contribution in [0.3, 0.4) is 0 Å². The van der Waals surface area contributed by atoms with Crippen LogP contribution in [0.4, 0.5) is 0 Å². The van der Waals surface area contributed by atoms with E-state index in [4.69, 9.17) is 9.47 Å². The quantitative estimate of drug-likeness (QED) is 0.851. The van der Waals surface area contributed by atoms with Crippen LogP contribution in [0, 0.1) is 5.92 Å². The summed E-state index contributed by atoms with van der Waals surface area (Å²) in [7, 11) is 3.56. The SMILES string of the molecule is CNCC1CCCN(C(=O)c2ccc(OC(C)C)c(OC)c2)C1.Cl. The zero-order chi connectivity index (χ0) is 16.8. The Morgan fingerprint density at radius 3 is 2.75 bits per heavy atom. The Kier molecular flexibility index (Phi) is 8.36. The van der Waals surface area contributed by atoms with Crippen molar-refractivity contribution in [1.82, 2.24) is 10.2 Å². The van der Waals surface area contributed by atoms with Gasteiger partial charge in [-0.3, -0.25) is 4.79 Å². The number of rotatable bonds is 6. The topological polar surface area (TPSA) is 50.8 Å². The fourth-order valence-corrected chi connectivity index (χ4v) is 3.04. The lowest BCUT2D eigenvalue weighted by Gasteiger charge is -2.33. The molecule has 0 aliphatic carbocycles. The van der Waals surface area contributed by atoms with Gasteiger partial charge >= 0.3 is 0 Å². The number of amides is 1. The van der Waals surface area contributed by atoms with Crippen LogP contribution in [0.2, 0.25) is 0 Å². The molecule has 1 unspecified atom stereocenters. The van der Waals surface area contributed by atoms with Crippen LogP contribution in [0.25, 0.3) is 0 Å². The van der Waals surface area contributed by atoms with Crippen molar-refractivity contribution in [2.75, 3.05) is 33.8 Å². The highest BCUT2D eigenvalue weighted by molar-refractivity contribution is 5.95. The van der Waals surface area contributed by atoms with Crippen molar-refractivity contribution in [2.45, 2.75) is 32.8 Å². The van der Waals surface area contributed by atoms with Crippen molar-refractivity contribution >= 4 is 18.3 Å². The van der Waals surface area contributed by atoms with Gasteiger partial charge in [-0.15, -0.1) is 12.4 Å². The first kappa shape index (κ1) is 20.6. The van der Waals surface area contributed by atoms with Gasteiger partial charge in [0.2, 0.25) is 0 Å². The maximum atomic E-state index is 12.8. The molecule has 1 aliphatic heterocycles. The third-order valence-electron chi connectivity index (χ3n) is 4.07. The van der Waals surface area contributed by atoms with Gasteiger partial charge in [0.25, 0.3) is 5.91 Å². The summed E-state index contributed by atoms with van der Waals surface area (Å²) in [4.78, 5) is 14.7. The molecule has 24 heavy (non-hydrogen) atoms. The van der Waals surface area contributed by atoms with Gasteiger partial charge in [-0.2, -0.15) is 0 Å². The van der Waals surface area contributed by atoms with E-state index < -0.39 is 0 Å². The average molecular weight is 357 g/mol. The second-order valence-electron chi connectivity index (χ2n) is 6.35. The second-order valence-corrected chi connectivity index (χ2v) is 6.35. The van der Waals surface area contributed by atoms with Crippen molar-refractivity contribution in [1.29, 1.82) is 0 Å². The summed E-state index contributed by atoms with van der Waals surface area (Å²) in [5.74, 6) is 1.88. The van der Waals surface area contributed by atoms with Crippen molar-refractivity contribution in [3.8, 4) is 11.5 Å². The summed E-state index contributed by atoms with van der Waals surface area (Å²) in [6, 6.07) is 5.42. The lowest BCUT2D eigenvalue weighted by molar-refractivity contribution is 0.0674. The predicted molar refractivity (Wildman–Crippen MR) is 98.6 cm³/mol. The van der Waals surface area contributed by atoms with E-state index in [1.807, 2.05) is 37.9 Å². The fraction of sp³-hybridized carbons (Fsp3) is 0.611. The van der Waals surface area contributed by atoms with Gasteiger partial charge in [0.05, 0.1) is 13.2 Å². The Bertz CT molecular complexity index is 535. The van der Waals surface area contributed by atoms with E-state index in [2.05, 4.69) is 5.32 Å². The number of carbonyl (C=O) groups excluding carboxylic acids is 1. The number of nitrogens with zero attached hydrogens (tertiary/aromatic N) is 1. The molecule has 1 heterocycles. The molecule has 1 fully saturated rings. The lowest BCUT2D eigenvalue weighted by atomic mass is 9.97. The van der Waals surface area contributed by atoms with E-state index in [-0.39, 0.29) is 24.4 Å². The molecule has 0 aromatic heterocycles. The summed E-state index contributed by atoms with van der Waals surface area (Å²) in [6.45, 7) is 6.52. The predicted octanol–water partition coefficient (Wildman–Crippen LogP) is 2.98. The summed E-state index contributed by atoms with van der Waals surface area (Å²) in [6.07, 6.45) is 2.30. The van der Waals surface area contributed by atoms with E-state index in [9.17, 15) is 4.79 Å². The molecule has 0 spiro atoms. The van der Waals surface area contributed by atoms with Crippen LogP contribution in [0.1, 0.15) is 37.0 Å². The Labute approximate surface area is 151 Å². The zero-order valence-corrected chi connectivity index (χ0v) is 15.8.